The number of rotatable bonds is 2. The van der Waals surface area contributed by atoms with Crippen molar-refractivity contribution >= 4 is 96.9 Å². The standard InChI is InChI=1S/C42H23N3OS/c1-3-12-26-24(10-1)20-22-31-37(26)38-27-13-4-2-11-25(27)21-23-32(38)45(31)42-43-39-29-15-6-8-19-35(29)47-41(39)40(44-42)30-16-9-18-34-36(30)28-14-5-7-17-33(28)46-34/h1-23H. The molecular weight excluding hydrogens is 595 g/mol. The van der Waals surface area contributed by atoms with Gasteiger partial charge < -0.3 is 4.42 Å². The summed E-state index contributed by atoms with van der Waals surface area (Å²) < 4.78 is 10.9. The van der Waals surface area contributed by atoms with Crippen molar-refractivity contribution in [3.63, 3.8) is 0 Å². The lowest BCUT2D eigenvalue weighted by Crippen LogP contribution is -2.03. The Morgan fingerprint density at radius 1 is 0.489 bits per heavy atom. The van der Waals surface area contributed by atoms with E-state index in [0.29, 0.717) is 5.95 Å². The third-order valence-electron chi connectivity index (χ3n) is 9.61. The molecule has 0 unspecified atom stereocenters. The molecule has 11 rings (SSSR count). The highest BCUT2D eigenvalue weighted by Gasteiger charge is 2.23. The van der Waals surface area contributed by atoms with Crippen LogP contribution in [0, 0.1) is 0 Å². The largest absolute Gasteiger partial charge is 0.456 e. The van der Waals surface area contributed by atoms with Crippen LogP contribution in [-0.2, 0) is 0 Å². The maximum atomic E-state index is 6.34. The number of para-hydroxylation sites is 1. The minimum atomic E-state index is 0.659. The first kappa shape index (κ1) is 25.2. The van der Waals surface area contributed by atoms with E-state index in [9.17, 15) is 0 Å². The van der Waals surface area contributed by atoms with Gasteiger partial charge in [-0.3, -0.25) is 4.57 Å². The number of thiophene rings is 1. The molecule has 0 aliphatic rings. The first-order chi connectivity index (χ1) is 23.3. The molecule has 0 fully saturated rings. The molecule has 0 bridgehead atoms. The Kier molecular flexibility index (Phi) is 4.96. The topological polar surface area (TPSA) is 43.9 Å². The van der Waals surface area contributed by atoms with Crippen LogP contribution < -0.4 is 0 Å². The molecule has 4 heterocycles. The van der Waals surface area contributed by atoms with E-state index in [0.717, 1.165) is 59.8 Å². The van der Waals surface area contributed by atoms with Crippen LogP contribution in [-0.4, -0.2) is 14.5 Å². The van der Waals surface area contributed by atoms with Crippen molar-refractivity contribution in [3.05, 3.63) is 140 Å². The fourth-order valence-corrected chi connectivity index (χ4v) is 8.74. The van der Waals surface area contributed by atoms with Gasteiger partial charge in [-0.25, -0.2) is 9.97 Å². The highest BCUT2D eigenvalue weighted by Crippen LogP contribution is 2.45. The van der Waals surface area contributed by atoms with Crippen LogP contribution in [0.3, 0.4) is 0 Å². The van der Waals surface area contributed by atoms with Crippen LogP contribution in [0.25, 0.3) is 103 Å². The van der Waals surface area contributed by atoms with Gasteiger partial charge in [0.2, 0.25) is 5.95 Å². The molecule has 0 radical (unpaired) electrons. The van der Waals surface area contributed by atoms with Crippen LogP contribution in [0.1, 0.15) is 0 Å². The molecule has 0 N–H and O–H groups in total. The van der Waals surface area contributed by atoms with Gasteiger partial charge >= 0.3 is 0 Å². The van der Waals surface area contributed by atoms with E-state index < -0.39 is 0 Å². The number of hydrogen-bond acceptors (Lipinski definition) is 4. The smallest absolute Gasteiger partial charge is 0.235 e. The second-order valence-corrected chi connectivity index (χ2v) is 13.2. The van der Waals surface area contributed by atoms with Crippen molar-refractivity contribution < 1.29 is 4.42 Å². The first-order valence-corrected chi connectivity index (χ1v) is 16.6. The number of hydrogen-bond donors (Lipinski definition) is 0. The summed E-state index contributed by atoms with van der Waals surface area (Å²) in [6.45, 7) is 0. The van der Waals surface area contributed by atoms with Crippen molar-refractivity contribution in [2.75, 3.05) is 0 Å². The number of benzene rings is 7. The first-order valence-electron chi connectivity index (χ1n) is 15.8. The second-order valence-electron chi connectivity index (χ2n) is 12.1. The molecule has 0 aliphatic heterocycles. The van der Waals surface area contributed by atoms with Crippen LogP contribution in [0.15, 0.2) is 144 Å². The fraction of sp³-hybridized carbons (Fsp3) is 0. The molecule has 0 amide bonds. The maximum Gasteiger partial charge on any atom is 0.235 e. The van der Waals surface area contributed by atoms with Crippen molar-refractivity contribution in [3.8, 4) is 17.2 Å². The minimum Gasteiger partial charge on any atom is -0.456 e. The molecule has 0 saturated carbocycles. The quantitative estimate of drug-likeness (QED) is 0.194. The van der Waals surface area contributed by atoms with Crippen LogP contribution in [0.4, 0.5) is 0 Å². The summed E-state index contributed by atoms with van der Waals surface area (Å²) in [4.78, 5) is 10.9. The third kappa shape index (κ3) is 3.41. The van der Waals surface area contributed by atoms with E-state index in [1.54, 1.807) is 11.3 Å². The zero-order valence-corrected chi connectivity index (χ0v) is 25.8. The van der Waals surface area contributed by atoms with E-state index in [1.807, 2.05) is 18.2 Å². The van der Waals surface area contributed by atoms with E-state index >= 15 is 0 Å². The molecule has 4 aromatic heterocycles. The molecular formula is C42H23N3OS. The summed E-state index contributed by atoms with van der Waals surface area (Å²) in [7, 11) is 0. The molecule has 11 aromatic rings. The molecule has 218 valence electrons. The zero-order valence-electron chi connectivity index (χ0n) is 24.9. The lowest BCUT2D eigenvalue weighted by Gasteiger charge is -2.11. The molecule has 0 saturated heterocycles. The summed E-state index contributed by atoms with van der Waals surface area (Å²) in [6, 6.07) is 49.3. The average molecular weight is 618 g/mol. The van der Waals surface area contributed by atoms with E-state index in [-0.39, 0.29) is 0 Å². The Bertz CT molecular complexity index is 3000. The van der Waals surface area contributed by atoms with Crippen LogP contribution >= 0.6 is 11.3 Å². The predicted molar refractivity (Wildman–Crippen MR) is 197 cm³/mol. The van der Waals surface area contributed by atoms with Gasteiger partial charge in [0.15, 0.2) is 0 Å². The number of furan rings is 1. The summed E-state index contributed by atoms with van der Waals surface area (Å²) in [6.07, 6.45) is 0. The Hall–Kier alpha value is -6.04. The van der Waals surface area contributed by atoms with Gasteiger partial charge in [0.1, 0.15) is 11.2 Å². The fourth-order valence-electron chi connectivity index (χ4n) is 7.60. The Balaban J connectivity index is 1.34. The lowest BCUT2D eigenvalue weighted by molar-refractivity contribution is 0.669. The SMILES string of the molecule is c1ccc2c(c1)ccc1c2c2c3ccccc3ccc2n1-c1nc(-c2cccc3oc4ccccc4c23)c2sc3ccccc3c2n1. The molecule has 47 heavy (non-hydrogen) atoms. The third-order valence-corrected chi connectivity index (χ3v) is 10.8. The Labute approximate surface area is 271 Å². The second kappa shape index (κ2) is 9.25. The van der Waals surface area contributed by atoms with Gasteiger partial charge in [-0.1, -0.05) is 109 Å². The van der Waals surface area contributed by atoms with Crippen molar-refractivity contribution in [1.82, 2.24) is 14.5 Å². The van der Waals surface area contributed by atoms with E-state index in [2.05, 4.69) is 126 Å². The highest BCUT2D eigenvalue weighted by molar-refractivity contribution is 7.26. The van der Waals surface area contributed by atoms with Crippen molar-refractivity contribution in [1.29, 1.82) is 0 Å². The summed E-state index contributed by atoms with van der Waals surface area (Å²) in [5, 5.41) is 10.6. The number of nitrogens with zero attached hydrogens (tertiary/aromatic N) is 3. The van der Waals surface area contributed by atoms with Crippen LogP contribution in [0.5, 0.6) is 0 Å². The normalized spacial score (nSPS) is 12.3. The van der Waals surface area contributed by atoms with Gasteiger partial charge in [0, 0.05) is 37.2 Å². The maximum absolute atomic E-state index is 6.34. The van der Waals surface area contributed by atoms with Crippen LogP contribution in [0.2, 0.25) is 0 Å². The molecule has 5 heteroatoms. The zero-order chi connectivity index (χ0) is 30.6. The van der Waals surface area contributed by atoms with Gasteiger partial charge in [0.25, 0.3) is 0 Å². The summed E-state index contributed by atoms with van der Waals surface area (Å²) in [5.41, 5.74) is 6.83. The van der Waals surface area contributed by atoms with E-state index in [4.69, 9.17) is 14.4 Å². The predicted octanol–water partition coefficient (Wildman–Crippen LogP) is 11.8. The molecule has 7 aromatic carbocycles. The molecule has 0 atom stereocenters. The molecule has 4 nitrogen and oxygen atoms in total. The van der Waals surface area contributed by atoms with Gasteiger partial charge in [0.05, 0.1) is 26.9 Å². The lowest BCUT2D eigenvalue weighted by atomic mass is 10.00. The molecule has 0 spiro atoms. The minimum absolute atomic E-state index is 0.659. The highest BCUT2D eigenvalue weighted by atomic mass is 32.1. The Morgan fingerprint density at radius 2 is 1.11 bits per heavy atom. The molecule has 0 aliphatic carbocycles. The average Bonchev–Trinajstić information content (AvgIpc) is 3.81. The van der Waals surface area contributed by atoms with Crippen molar-refractivity contribution in [2.45, 2.75) is 0 Å². The van der Waals surface area contributed by atoms with Gasteiger partial charge in [-0.2, -0.15) is 0 Å². The monoisotopic (exact) mass is 617 g/mol. The Morgan fingerprint density at radius 3 is 1.85 bits per heavy atom. The van der Waals surface area contributed by atoms with Gasteiger partial charge in [-0.05, 0) is 51.9 Å². The van der Waals surface area contributed by atoms with Gasteiger partial charge in [-0.15, -0.1) is 11.3 Å². The number of aromatic nitrogens is 3. The number of fused-ring (bicyclic) bond motifs is 13. The summed E-state index contributed by atoms with van der Waals surface area (Å²) in [5.74, 6) is 0.659. The van der Waals surface area contributed by atoms with E-state index in [1.165, 1.54) is 37.0 Å². The van der Waals surface area contributed by atoms with Crippen molar-refractivity contribution in [2.24, 2.45) is 0 Å². The summed E-state index contributed by atoms with van der Waals surface area (Å²) >= 11 is 1.75.